The number of anilines is 1. The summed E-state index contributed by atoms with van der Waals surface area (Å²) in [6.07, 6.45) is -1.11. The number of amides is 1. The summed E-state index contributed by atoms with van der Waals surface area (Å²) in [5.74, 6) is -1.47. The maximum Gasteiger partial charge on any atom is 0.344 e. The van der Waals surface area contributed by atoms with Crippen LogP contribution in [0.3, 0.4) is 0 Å². The van der Waals surface area contributed by atoms with E-state index in [-0.39, 0.29) is 12.3 Å². The maximum absolute atomic E-state index is 13.6. The molecule has 0 unspecified atom stereocenters. The Hall–Kier alpha value is -3.12. The fraction of sp³-hybridized carbons (Fsp3) is 0.143. The molecule has 144 valence electrons. The molecule has 0 saturated heterocycles. The molecule has 28 heavy (non-hydrogen) atoms. The summed E-state index contributed by atoms with van der Waals surface area (Å²) in [6, 6.07) is 16.4. The van der Waals surface area contributed by atoms with Gasteiger partial charge in [0.1, 0.15) is 11.6 Å². The number of carbonyl (C=O) groups is 2. The van der Waals surface area contributed by atoms with Crippen LogP contribution in [0.25, 0.3) is 10.8 Å². The van der Waals surface area contributed by atoms with Crippen LogP contribution in [0.4, 0.5) is 10.1 Å². The summed E-state index contributed by atoms with van der Waals surface area (Å²) in [5.41, 5.74) is 0.0132. The van der Waals surface area contributed by atoms with E-state index in [4.69, 9.17) is 21.1 Å². The van der Waals surface area contributed by atoms with Crippen molar-refractivity contribution in [3.63, 3.8) is 0 Å². The first-order valence-electron chi connectivity index (χ1n) is 8.50. The Labute approximate surface area is 166 Å². The molecule has 0 fully saturated rings. The lowest BCUT2D eigenvalue weighted by atomic mass is 10.1. The van der Waals surface area contributed by atoms with Crippen LogP contribution >= 0.6 is 11.6 Å². The largest absolute Gasteiger partial charge is 0.481 e. The van der Waals surface area contributed by atoms with E-state index >= 15 is 0 Å². The quantitative estimate of drug-likeness (QED) is 0.614. The molecule has 0 heterocycles. The van der Waals surface area contributed by atoms with Crippen molar-refractivity contribution in [2.24, 2.45) is 0 Å². The predicted molar refractivity (Wildman–Crippen MR) is 105 cm³/mol. The Morgan fingerprint density at radius 2 is 1.71 bits per heavy atom. The van der Waals surface area contributed by atoms with E-state index < -0.39 is 23.8 Å². The summed E-state index contributed by atoms with van der Waals surface area (Å²) in [4.78, 5) is 24.1. The summed E-state index contributed by atoms with van der Waals surface area (Å²) in [7, 11) is 0. The van der Waals surface area contributed by atoms with Gasteiger partial charge < -0.3 is 14.8 Å². The minimum absolute atomic E-state index is 0.0132. The number of esters is 1. The maximum atomic E-state index is 13.6. The third-order valence-corrected chi connectivity index (χ3v) is 4.32. The van der Waals surface area contributed by atoms with Gasteiger partial charge >= 0.3 is 5.97 Å². The predicted octanol–water partition coefficient (Wildman–Crippen LogP) is 4.58. The molecule has 1 atom stereocenters. The van der Waals surface area contributed by atoms with Crippen LogP contribution in [-0.2, 0) is 14.3 Å². The molecule has 7 heteroatoms. The number of carbonyl (C=O) groups excluding carboxylic acids is 2. The lowest BCUT2D eigenvalue weighted by molar-refractivity contribution is -0.155. The van der Waals surface area contributed by atoms with Gasteiger partial charge in [-0.2, -0.15) is 0 Å². The number of nitrogens with one attached hydrogen (secondary N) is 1. The van der Waals surface area contributed by atoms with Crippen molar-refractivity contribution in [3.8, 4) is 5.75 Å². The van der Waals surface area contributed by atoms with Gasteiger partial charge in [-0.15, -0.1) is 0 Å². The Morgan fingerprint density at radius 1 is 1.04 bits per heavy atom. The van der Waals surface area contributed by atoms with E-state index in [1.54, 1.807) is 18.2 Å². The zero-order valence-corrected chi connectivity index (χ0v) is 15.7. The van der Waals surface area contributed by atoms with Gasteiger partial charge in [-0.1, -0.05) is 48.0 Å². The number of fused-ring (bicyclic) bond motifs is 1. The van der Waals surface area contributed by atoms with Crippen LogP contribution in [0, 0.1) is 5.82 Å². The van der Waals surface area contributed by atoms with Gasteiger partial charge in [0.05, 0.1) is 5.69 Å². The molecule has 5 nitrogen and oxygen atoms in total. The van der Waals surface area contributed by atoms with Gasteiger partial charge in [0.15, 0.2) is 12.7 Å². The second-order valence-corrected chi connectivity index (χ2v) is 6.39. The van der Waals surface area contributed by atoms with Gasteiger partial charge in [0.2, 0.25) is 0 Å². The van der Waals surface area contributed by atoms with Crippen LogP contribution in [0.5, 0.6) is 5.75 Å². The van der Waals surface area contributed by atoms with E-state index in [0.717, 1.165) is 10.8 Å². The monoisotopic (exact) mass is 401 g/mol. The van der Waals surface area contributed by atoms with Crippen LogP contribution in [0.1, 0.15) is 6.92 Å². The minimum atomic E-state index is -1.11. The van der Waals surface area contributed by atoms with Crippen molar-refractivity contribution in [1.82, 2.24) is 0 Å². The van der Waals surface area contributed by atoms with E-state index in [1.807, 2.05) is 24.3 Å². The highest BCUT2D eigenvalue weighted by Crippen LogP contribution is 2.31. The first-order valence-corrected chi connectivity index (χ1v) is 8.88. The molecule has 0 aliphatic carbocycles. The third-order valence-electron chi connectivity index (χ3n) is 3.99. The molecule has 3 rings (SSSR count). The van der Waals surface area contributed by atoms with Crippen molar-refractivity contribution >= 4 is 39.9 Å². The molecule has 0 aromatic heterocycles. The number of ether oxygens (including phenoxy) is 2. The number of rotatable bonds is 6. The molecule has 0 spiro atoms. The molecular formula is C21H17ClFNO4. The van der Waals surface area contributed by atoms with Crippen LogP contribution in [-0.4, -0.2) is 24.6 Å². The van der Waals surface area contributed by atoms with E-state index in [1.165, 1.54) is 25.1 Å². The van der Waals surface area contributed by atoms with E-state index in [9.17, 15) is 14.0 Å². The smallest absolute Gasteiger partial charge is 0.344 e. The molecule has 3 aromatic carbocycles. The summed E-state index contributed by atoms with van der Waals surface area (Å²) in [6.45, 7) is 1.01. The molecule has 3 aromatic rings. The Bertz CT molecular complexity index is 1020. The Kier molecular flexibility index (Phi) is 6.11. The molecule has 0 aliphatic rings. The highest BCUT2D eigenvalue weighted by molar-refractivity contribution is 6.35. The van der Waals surface area contributed by atoms with Gasteiger partial charge in [-0.05, 0) is 31.2 Å². The summed E-state index contributed by atoms with van der Waals surface area (Å²) >= 11 is 6.15. The first-order chi connectivity index (χ1) is 13.5. The van der Waals surface area contributed by atoms with Gasteiger partial charge in [0.25, 0.3) is 5.91 Å². The van der Waals surface area contributed by atoms with Crippen LogP contribution < -0.4 is 10.1 Å². The highest BCUT2D eigenvalue weighted by atomic mass is 35.5. The summed E-state index contributed by atoms with van der Waals surface area (Å²) < 4.78 is 24.2. The zero-order valence-electron chi connectivity index (χ0n) is 14.9. The van der Waals surface area contributed by atoms with Crippen molar-refractivity contribution in [3.05, 3.63) is 71.5 Å². The van der Waals surface area contributed by atoms with Gasteiger partial charge in [-0.25, -0.2) is 9.18 Å². The first kappa shape index (κ1) is 19.6. The number of halogens is 2. The molecule has 0 bridgehead atoms. The van der Waals surface area contributed by atoms with E-state index in [2.05, 4.69) is 5.32 Å². The number of hydrogen-bond donors (Lipinski definition) is 1. The summed E-state index contributed by atoms with van der Waals surface area (Å²) in [5, 5.41) is 4.50. The molecule has 1 amide bonds. The average Bonchev–Trinajstić information content (AvgIpc) is 2.69. The van der Waals surface area contributed by atoms with Gasteiger partial charge in [0, 0.05) is 15.8 Å². The third kappa shape index (κ3) is 4.58. The average molecular weight is 402 g/mol. The Balaban J connectivity index is 1.58. The molecule has 0 aliphatic heterocycles. The topological polar surface area (TPSA) is 64.6 Å². The van der Waals surface area contributed by atoms with Crippen LogP contribution in [0.15, 0.2) is 60.7 Å². The standard InChI is InChI=1S/C21H17ClFNO4/c1-13(21(26)24-18-9-5-4-8-17(18)23)28-20(25)12-27-19-11-10-16(22)14-6-2-3-7-15(14)19/h2-11,13H,12H2,1H3,(H,24,26)/t13-/m1/s1. The zero-order chi connectivity index (χ0) is 20.1. The normalized spacial score (nSPS) is 11.7. The van der Waals surface area contributed by atoms with Crippen molar-refractivity contribution in [1.29, 1.82) is 0 Å². The SMILES string of the molecule is C[C@@H](OC(=O)COc1ccc(Cl)c2ccccc12)C(=O)Nc1ccccc1F. The molecule has 1 N–H and O–H groups in total. The highest BCUT2D eigenvalue weighted by Gasteiger charge is 2.19. The molecule has 0 saturated carbocycles. The molecule has 0 radical (unpaired) electrons. The molecular weight excluding hydrogens is 385 g/mol. The second-order valence-electron chi connectivity index (χ2n) is 5.98. The Morgan fingerprint density at radius 3 is 2.46 bits per heavy atom. The number of hydrogen-bond acceptors (Lipinski definition) is 4. The van der Waals surface area contributed by atoms with Crippen molar-refractivity contribution < 1.29 is 23.5 Å². The lowest BCUT2D eigenvalue weighted by Gasteiger charge is -2.15. The van der Waals surface area contributed by atoms with Crippen molar-refractivity contribution in [2.75, 3.05) is 11.9 Å². The van der Waals surface area contributed by atoms with Gasteiger partial charge in [-0.3, -0.25) is 4.79 Å². The lowest BCUT2D eigenvalue weighted by Crippen LogP contribution is -2.32. The fourth-order valence-electron chi connectivity index (χ4n) is 2.58. The van der Waals surface area contributed by atoms with E-state index in [0.29, 0.717) is 10.8 Å². The second kappa shape index (κ2) is 8.71. The number of benzene rings is 3. The number of para-hydroxylation sites is 1. The van der Waals surface area contributed by atoms with Crippen LogP contribution in [0.2, 0.25) is 5.02 Å². The fourth-order valence-corrected chi connectivity index (χ4v) is 2.81. The van der Waals surface area contributed by atoms with Crippen molar-refractivity contribution in [2.45, 2.75) is 13.0 Å². The minimum Gasteiger partial charge on any atom is -0.481 e.